The van der Waals surface area contributed by atoms with Gasteiger partial charge in [-0.05, 0) is 43.7 Å². The third-order valence-electron chi connectivity index (χ3n) is 4.73. The second-order valence-electron chi connectivity index (χ2n) is 6.76. The van der Waals surface area contributed by atoms with Crippen molar-refractivity contribution in [2.75, 3.05) is 18.5 Å². The van der Waals surface area contributed by atoms with Gasteiger partial charge in [0.15, 0.2) is 0 Å². The predicted molar refractivity (Wildman–Crippen MR) is 126 cm³/mol. The number of benzene rings is 2. The molecule has 0 spiro atoms. The summed E-state index contributed by atoms with van der Waals surface area (Å²) in [7, 11) is 0. The Kier molecular flexibility index (Phi) is 6.38. The number of anilines is 1. The number of hydrogen-bond acceptors (Lipinski definition) is 4. The molecule has 0 saturated heterocycles. The molecule has 0 bridgehead atoms. The van der Waals surface area contributed by atoms with E-state index in [0.29, 0.717) is 35.3 Å². The number of rotatable bonds is 8. The summed E-state index contributed by atoms with van der Waals surface area (Å²) >= 11 is 1.43. The molecule has 2 heterocycles. The molecular formula is C25H24N2O3S. The summed E-state index contributed by atoms with van der Waals surface area (Å²) in [6, 6.07) is 19.5. The van der Waals surface area contributed by atoms with Crippen LogP contribution in [-0.2, 0) is 0 Å². The molecule has 0 unspecified atom stereocenters. The van der Waals surface area contributed by atoms with Crippen LogP contribution in [0.15, 0.2) is 78.4 Å². The minimum absolute atomic E-state index is 0.189. The molecule has 31 heavy (non-hydrogen) atoms. The molecule has 0 atom stereocenters. The lowest BCUT2D eigenvalue weighted by atomic mass is 10.1. The number of nitrogens with zero attached hydrogens (tertiary/aromatic N) is 1. The lowest BCUT2D eigenvalue weighted by molar-refractivity contribution is 0.103. The minimum Gasteiger partial charge on any atom is -0.494 e. The van der Waals surface area contributed by atoms with Gasteiger partial charge < -0.3 is 19.4 Å². The third-order valence-corrected chi connectivity index (χ3v) is 5.70. The maximum Gasteiger partial charge on any atom is 0.268 e. The zero-order valence-electron chi connectivity index (χ0n) is 17.5. The first-order valence-corrected chi connectivity index (χ1v) is 11.1. The number of thiophene rings is 1. The monoisotopic (exact) mass is 432 g/mol. The number of hydrogen-bond donors (Lipinski definition) is 1. The highest BCUT2D eigenvalue weighted by Gasteiger charge is 2.21. The average Bonchev–Trinajstić information content (AvgIpc) is 3.46. The summed E-state index contributed by atoms with van der Waals surface area (Å²) in [5.41, 5.74) is 3.53. The van der Waals surface area contributed by atoms with Gasteiger partial charge in [0, 0.05) is 29.4 Å². The SMILES string of the molecule is CCOc1ccc(OCC)c(NC(=O)c2scc(-c3ccccc3)c2-n2cccc2)c1. The fourth-order valence-electron chi connectivity index (χ4n) is 3.40. The summed E-state index contributed by atoms with van der Waals surface area (Å²) in [5.74, 6) is 1.11. The van der Waals surface area contributed by atoms with Gasteiger partial charge >= 0.3 is 0 Å². The fraction of sp³-hybridized carbons (Fsp3) is 0.160. The maximum atomic E-state index is 13.4. The normalized spacial score (nSPS) is 10.6. The van der Waals surface area contributed by atoms with E-state index in [2.05, 4.69) is 17.4 Å². The Labute approximate surface area is 185 Å². The van der Waals surface area contributed by atoms with E-state index in [9.17, 15) is 4.79 Å². The van der Waals surface area contributed by atoms with Crippen LogP contribution in [0.5, 0.6) is 11.5 Å². The van der Waals surface area contributed by atoms with Crippen LogP contribution >= 0.6 is 11.3 Å². The van der Waals surface area contributed by atoms with E-state index < -0.39 is 0 Å². The van der Waals surface area contributed by atoms with Crippen LogP contribution in [0.1, 0.15) is 23.5 Å². The topological polar surface area (TPSA) is 52.5 Å². The minimum atomic E-state index is -0.189. The number of carbonyl (C=O) groups excluding carboxylic acids is 1. The Morgan fingerprint density at radius 2 is 1.71 bits per heavy atom. The standard InChI is InChI=1S/C25H24N2O3S/c1-3-29-19-12-13-22(30-4-2)21(16-19)26-25(28)24-23(27-14-8-9-15-27)20(17-31-24)18-10-6-5-7-11-18/h5-17H,3-4H2,1-2H3,(H,26,28). The number of amides is 1. The predicted octanol–water partition coefficient (Wildman–Crippen LogP) is 6.26. The van der Waals surface area contributed by atoms with Crippen LogP contribution in [0, 0.1) is 0 Å². The van der Waals surface area contributed by atoms with Crippen molar-refractivity contribution >= 4 is 22.9 Å². The van der Waals surface area contributed by atoms with Gasteiger partial charge in [0.25, 0.3) is 5.91 Å². The van der Waals surface area contributed by atoms with Crippen LogP contribution < -0.4 is 14.8 Å². The molecule has 0 aliphatic rings. The van der Waals surface area contributed by atoms with Gasteiger partial charge in [-0.2, -0.15) is 0 Å². The van der Waals surface area contributed by atoms with Crippen LogP contribution in [0.4, 0.5) is 5.69 Å². The number of nitrogens with one attached hydrogen (secondary N) is 1. The van der Waals surface area contributed by atoms with E-state index in [1.54, 1.807) is 6.07 Å². The van der Waals surface area contributed by atoms with Crippen molar-refractivity contribution in [2.45, 2.75) is 13.8 Å². The lowest BCUT2D eigenvalue weighted by Gasteiger charge is -2.14. The average molecular weight is 433 g/mol. The summed E-state index contributed by atoms with van der Waals surface area (Å²) in [6.45, 7) is 4.89. The van der Waals surface area contributed by atoms with Crippen molar-refractivity contribution in [1.82, 2.24) is 4.57 Å². The highest BCUT2D eigenvalue weighted by Crippen LogP contribution is 2.36. The number of ether oxygens (including phenoxy) is 2. The molecule has 6 heteroatoms. The second kappa shape index (κ2) is 9.53. The number of aromatic nitrogens is 1. The van der Waals surface area contributed by atoms with Gasteiger partial charge in [0.2, 0.25) is 0 Å². The molecule has 0 aliphatic carbocycles. The maximum absolute atomic E-state index is 13.4. The highest BCUT2D eigenvalue weighted by molar-refractivity contribution is 7.13. The van der Waals surface area contributed by atoms with E-state index in [4.69, 9.17) is 9.47 Å². The first-order chi connectivity index (χ1) is 15.2. The molecule has 0 fully saturated rings. The van der Waals surface area contributed by atoms with Crippen molar-refractivity contribution in [3.8, 4) is 28.3 Å². The first-order valence-electron chi connectivity index (χ1n) is 10.2. The van der Waals surface area contributed by atoms with E-state index in [-0.39, 0.29) is 5.91 Å². The van der Waals surface area contributed by atoms with Gasteiger partial charge in [-0.1, -0.05) is 30.3 Å². The van der Waals surface area contributed by atoms with Crippen molar-refractivity contribution in [1.29, 1.82) is 0 Å². The lowest BCUT2D eigenvalue weighted by Crippen LogP contribution is -2.14. The summed E-state index contributed by atoms with van der Waals surface area (Å²) in [4.78, 5) is 14.0. The van der Waals surface area contributed by atoms with Crippen LogP contribution in [0.25, 0.3) is 16.8 Å². The fourth-order valence-corrected chi connectivity index (χ4v) is 4.37. The molecule has 0 radical (unpaired) electrons. The Bertz CT molecular complexity index is 1150. The zero-order valence-corrected chi connectivity index (χ0v) is 18.3. The highest BCUT2D eigenvalue weighted by atomic mass is 32.1. The summed E-state index contributed by atoms with van der Waals surface area (Å²) < 4.78 is 13.3. The molecule has 2 aromatic heterocycles. The van der Waals surface area contributed by atoms with Crippen molar-refractivity contribution in [2.24, 2.45) is 0 Å². The first kappa shape index (κ1) is 20.8. The Balaban J connectivity index is 1.73. The molecule has 2 aromatic carbocycles. The molecule has 4 aromatic rings. The van der Waals surface area contributed by atoms with Crippen molar-refractivity contribution in [3.63, 3.8) is 0 Å². The second-order valence-corrected chi connectivity index (χ2v) is 7.64. The molecule has 0 saturated carbocycles. The molecule has 1 amide bonds. The van der Waals surface area contributed by atoms with Gasteiger partial charge in [-0.3, -0.25) is 4.79 Å². The zero-order chi connectivity index (χ0) is 21.6. The van der Waals surface area contributed by atoms with Crippen molar-refractivity contribution in [3.05, 3.63) is 83.3 Å². The molecule has 5 nitrogen and oxygen atoms in total. The van der Waals surface area contributed by atoms with E-state index in [1.807, 2.05) is 78.7 Å². The van der Waals surface area contributed by atoms with Crippen LogP contribution in [0.2, 0.25) is 0 Å². The van der Waals surface area contributed by atoms with Gasteiger partial charge in [-0.25, -0.2) is 0 Å². The van der Waals surface area contributed by atoms with E-state index in [1.165, 1.54) is 11.3 Å². The third kappa shape index (κ3) is 4.49. The van der Waals surface area contributed by atoms with Crippen LogP contribution in [-0.4, -0.2) is 23.7 Å². The summed E-state index contributed by atoms with van der Waals surface area (Å²) in [6.07, 6.45) is 3.90. The number of carbonyl (C=O) groups is 1. The van der Waals surface area contributed by atoms with Gasteiger partial charge in [0.1, 0.15) is 16.4 Å². The molecule has 4 rings (SSSR count). The smallest absolute Gasteiger partial charge is 0.268 e. The van der Waals surface area contributed by atoms with Gasteiger partial charge in [-0.15, -0.1) is 11.3 Å². The Morgan fingerprint density at radius 3 is 2.42 bits per heavy atom. The van der Waals surface area contributed by atoms with E-state index in [0.717, 1.165) is 16.8 Å². The van der Waals surface area contributed by atoms with Crippen LogP contribution in [0.3, 0.4) is 0 Å². The molecule has 158 valence electrons. The molecule has 1 N–H and O–H groups in total. The summed E-state index contributed by atoms with van der Waals surface area (Å²) in [5, 5.41) is 5.06. The van der Waals surface area contributed by atoms with E-state index >= 15 is 0 Å². The van der Waals surface area contributed by atoms with Gasteiger partial charge in [0.05, 0.1) is 24.6 Å². The quantitative estimate of drug-likeness (QED) is 0.358. The largest absolute Gasteiger partial charge is 0.494 e. The molecule has 0 aliphatic heterocycles. The van der Waals surface area contributed by atoms with Crippen molar-refractivity contribution < 1.29 is 14.3 Å². The Morgan fingerprint density at radius 1 is 0.968 bits per heavy atom. The molecular weight excluding hydrogens is 408 g/mol. The Hall–Kier alpha value is -3.51.